The van der Waals surface area contributed by atoms with Crippen molar-refractivity contribution in [3.63, 3.8) is 0 Å². The standard InChI is InChI=1S/C16H18N6O2/c1-11-9-13(12(2)24-11)15(23)21-7-5-20(6-8-21)14-3-4-17-16-19-18-10-22(14)16/h3-4,9-10H,5-8H2,1-2H3. The normalized spacial score (nSPS) is 15.2. The summed E-state index contributed by atoms with van der Waals surface area (Å²) in [5, 5.41) is 7.87. The molecule has 0 saturated carbocycles. The molecular weight excluding hydrogens is 308 g/mol. The number of fused-ring (bicyclic) bond motifs is 1. The smallest absolute Gasteiger partial charge is 0.257 e. The van der Waals surface area contributed by atoms with E-state index in [1.165, 1.54) is 0 Å². The van der Waals surface area contributed by atoms with Crippen molar-refractivity contribution in [1.82, 2.24) is 24.5 Å². The predicted octanol–water partition coefficient (Wildman–Crippen LogP) is 1.30. The molecule has 0 aliphatic carbocycles. The fourth-order valence-corrected chi connectivity index (χ4v) is 3.14. The first-order valence-corrected chi connectivity index (χ1v) is 7.89. The molecule has 0 spiro atoms. The van der Waals surface area contributed by atoms with Crippen LogP contribution in [0.3, 0.4) is 0 Å². The first kappa shape index (κ1) is 14.7. The Labute approximate surface area is 138 Å². The van der Waals surface area contributed by atoms with E-state index in [0.717, 1.165) is 24.7 Å². The number of aromatic nitrogens is 4. The number of hydrogen-bond donors (Lipinski definition) is 0. The largest absolute Gasteiger partial charge is 0.466 e. The summed E-state index contributed by atoms with van der Waals surface area (Å²) in [4.78, 5) is 20.9. The van der Waals surface area contributed by atoms with Crippen molar-refractivity contribution >= 4 is 17.5 Å². The van der Waals surface area contributed by atoms with Gasteiger partial charge < -0.3 is 14.2 Å². The van der Waals surface area contributed by atoms with Crippen molar-refractivity contribution in [1.29, 1.82) is 0 Å². The van der Waals surface area contributed by atoms with E-state index in [2.05, 4.69) is 20.1 Å². The molecule has 1 aliphatic rings. The quantitative estimate of drug-likeness (QED) is 0.706. The van der Waals surface area contributed by atoms with Crippen LogP contribution in [0.5, 0.6) is 0 Å². The number of amides is 1. The fraction of sp³-hybridized carbons (Fsp3) is 0.375. The second kappa shape index (κ2) is 5.63. The molecule has 0 atom stereocenters. The molecule has 124 valence electrons. The lowest BCUT2D eigenvalue weighted by Crippen LogP contribution is -2.49. The molecule has 8 nitrogen and oxygen atoms in total. The Hall–Kier alpha value is -2.90. The van der Waals surface area contributed by atoms with Crippen LogP contribution in [-0.2, 0) is 0 Å². The van der Waals surface area contributed by atoms with Gasteiger partial charge in [-0.1, -0.05) is 0 Å². The molecule has 1 saturated heterocycles. The Morgan fingerprint density at radius 3 is 2.71 bits per heavy atom. The van der Waals surface area contributed by atoms with Gasteiger partial charge in [-0.05, 0) is 26.0 Å². The van der Waals surface area contributed by atoms with E-state index in [1.807, 2.05) is 35.3 Å². The zero-order valence-electron chi connectivity index (χ0n) is 13.6. The van der Waals surface area contributed by atoms with Crippen LogP contribution in [0.15, 0.2) is 29.1 Å². The number of furan rings is 1. The minimum Gasteiger partial charge on any atom is -0.466 e. The monoisotopic (exact) mass is 326 g/mol. The van der Waals surface area contributed by atoms with Gasteiger partial charge in [0.1, 0.15) is 23.7 Å². The third-order valence-electron chi connectivity index (χ3n) is 4.35. The molecule has 8 heteroatoms. The van der Waals surface area contributed by atoms with Gasteiger partial charge in [-0.25, -0.2) is 4.98 Å². The summed E-state index contributed by atoms with van der Waals surface area (Å²) in [5.74, 6) is 3.05. The van der Waals surface area contributed by atoms with Crippen molar-refractivity contribution < 1.29 is 9.21 Å². The van der Waals surface area contributed by atoms with Crippen molar-refractivity contribution in [3.05, 3.63) is 41.7 Å². The molecule has 0 bridgehead atoms. The molecule has 0 radical (unpaired) electrons. The Kier molecular flexibility index (Phi) is 3.44. The van der Waals surface area contributed by atoms with Gasteiger partial charge in [-0.2, -0.15) is 0 Å². The molecule has 0 aromatic carbocycles. The molecule has 1 amide bonds. The van der Waals surface area contributed by atoms with Crippen LogP contribution in [0.2, 0.25) is 0 Å². The Morgan fingerprint density at radius 1 is 1.21 bits per heavy atom. The minimum absolute atomic E-state index is 0.0353. The van der Waals surface area contributed by atoms with Crippen molar-refractivity contribution in [2.75, 3.05) is 31.1 Å². The molecule has 3 aromatic heterocycles. The third kappa shape index (κ3) is 2.40. The third-order valence-corrected chi connectivity index (χ3v) is 4.35. The van der Waals surface area contributed by atoms with Gasteiger partial charge in [0, 0.05) is 32.4 Å². The number of aryl methyl sites for hydroxylation is 2. The lowest BCUT2D eigenvalue weighted by Gasteiger charge is -2.36. The van der Waals surface area contributed by atoms with E-state index in [-0.39, 0.29) is 5.91 Å². The van der Waals surface area contributed by atoms with Gasteiger partial charge in [0.05, 0.1) is 5.56 Å². The van der Waals surface area contributed by atoms with Gasteiger partial charge in [-0.3, -0.25) is 9.20 Å². The Morgan fingerprint density at radius 2 is 2.00 bits per heavy atom. The maximum absolute atomic E-state index is 12.7. The van der Waals surface area contributed by atoms with E-state index in [9.17, 15) is 4.79 Å². The van der Waals surface area contributed by atoms with E-state index in [1.54, 1.807) is 12.5 Å². The number of rotatable bonds is 2. The highest BCUT2D eigenvalue weighted by Crippen LogP contribution is 2.20. The van der Waals surface area contributed by atoms with Crippen molar-refractivity contribution in [3.8, 4) is 0 Å². The molecule has 0 unspecified atom stereocenters. The first-order valence-electron chi connectivity index (χ1n) is 7.89. The number of piperazine rings is 1. The first-order chi connectivity index (χ1) is 11.6. The SMILES string of the molecule is Cc1cc(C(=O)N2CCN(c3ccnc4nncn34)CC2)c(C)o1. The van der Waals surface area contributed by atoms with Crippen LogP contribution in [0.4, 0.5) is 5.82 Å². The summed E-state index contributed by atoms with van der Waals surface area (Å²) in [5.41, 5.74) is 0.658. The lowest BCUT2D eigenvalue weighted by atomic mass is 10.2. The van der Waals surface area contributed by atoms with Gasteiger partial charge in [-0.15, -0.1) is 10.2 Å². The number of anilines is 1. The maximum atomic E-state index is 12.7. The average Bonchev–Trinajstić information content (AvgIpc) is 3.20. The van der Waals surface area contributed by atoms with Crippen LogP contribution < -0.4 is 4.90 Å². The summed E-state index contributed by atoms with van der Waals surface area (Å²) < 4.78 is 7.34. The van der Waals surface area contributed by atoms with Crippen LogP contribution in [-0.4, -0.2) is 56.6 Å². The highest BCUT2D eigenvalue weighted by Gasteiger charge is 2.25. The lowest BCUT2D eigenvalue weighted by molar-refractivity contribution is 0.0744. The number of carbonyl (C=O) groups is 1. The van der Waals surface area contributed by atoms with Crippen LogP contribution in [0.25, 0.3) is 5.78 Å². The van der Waals surface area contributed by atoms with Crippen molar-refractivity contribution in [2.24, 2.45) is 0 Å². The molecule has 1 aliphatic heterocycles. The maximum Gasteiger partial charge on any atom is 0.257 e. The van der Waals surface area contributed by atoms with Crippen LogP contribution in [0, 0.1) is 13.8 Å². The second-order valence-electron chi connectivity index (χ2n) is 5.91. The zero-order valence-corrected chi connectivity index (χ0v) is 13.6. The average molecular weight is 326 g/mol. The van der Waals surface area contributed by atoms with E-state index in [0.29, 0.717) is 30.2 Å². The molecule has 1 fully saturated rings. The van der Waals surface area contributed by atoms with E-state index >= 15 is 0 Å². The van der Waals surface area contributed by atoms with Gasteiger partial charge in [0.2, 0.25) is 0 Å². The summed E-state index contributed by atoms with van der Waals surface area (Å²) in [6.45, 7) is 6.51. The molecular formula is C16H18N6O2. The summed E-state index contributed by atoms with van der Waals surface area (Å²) in [7, 11) is 0. The van der Waals surface area contributed by atoms with Crippen molar-refractivity contribution in [2.45, 2.75) is 13.8 Å². The molecule has 4 rings (SSSR count). The second-order valence-corrected chi connectivity index (χ2v) is 5.91. The fourth-order valence-electron chi connectivity index (χ4n) is 3.14. The topological polar surface area (TPSA) is 79.8 Å². The molecule has 3 aromatic rings. The van der Waals surface area contributed by atoms with Crippen LogP contribution >= 0.6 is 0 Å². The van der Waals surface area contributed by atoms with Gasteiger partial charge in [0.15, 0.2) is 0 Å². The predicted molar refractivity (Wildman–Crippen MR) is 87.1 cm³/mol. The van der Waals surface area contributed by atoms with Crippen LogP contribution in [0.1, 0.15) is 21.9 Å². The molecule has 0 N–H and O–H groups in total. The highest BCUT2D eigenvalue weighted by atomic mass is 16.3. The Balaban J connectivity index is 1.50. The van der Waals surface area contributed by atoms with Gasteiger partial charge in [0.25, 0.3) is 11.7 Å². The van der Waals surface area contributed by atoms with E-state index < -0.39 is 0 Å². The Bertz CT molecular complexity index is 891. The molecule has 4 heterocycles. The number of hydrogen-bond acceptors (Lipinski definition) is 6. The number of carbonyl (C=O) groups excluding carboxylic acids is 1. The van der Waals surface area contributed by atoms with E-state index in [4.69, 9.17) is 4.42 Å². The minimum atomic E-state index is 0.0353. The zero-order chi connectivity index (χ0) is 16.7. The number of nitrogens with zero attached hydrogens (tertiary/aromatic N) is 6. The van der Waals surface area contributed by atoms with Gasteiger partial charge >= 0.3 is 0 Å². The summed E-state index contributed by atoms with van der Waals surface area (Å²) >= 11 is 0. The molecule has 24 heavy (non-hydrogen) atoms. The summed E-state index contributed by atoms with van der Waals surface area (Å²) in [6.07, 6.45) is 3.39. The highest BCUT2D eigenvalue weighted by molar-refractivity contribution is 5.95. The summed E-state index contributed by atoms with van der Waals surface area (Å²) in [6, 6.07) is 3.75.